The number of rotatable bonds is 4. The van der Waals surface area contributed by atoms with Gasteiger partial charge in [0, 0.05) is 6.04 Å². The van der Waals surface area contributed by atoms with Crippen LogP contribution in [0.1, 0.15) is 62.0 Å². The summed E-state index contributed by atoms with van der Waals surface area (Å²) in [5, 5.41) is 14.8. The van der Waals surface area contributed by atoms with Gasteiger partial charge in [0.25, 0.3) is 5.91 Å². The standard InChI is InChI=1S/C17H27N5O.ClH/c1-11(15-9-12-2-3-13(15)8-12)19-17(23)16-10-22(21-20-16)14-4-6-18-7-5-14;/h10-15,18H,2-9H2,1H3,(H,19,23);1H. The molecule has 2 N–H and O–H groups in total. The highest BCUT2D eigenvalue weighted by molar-refractivity contribution is 5.92. The molecule has 2 heterocycles. The van der Waals surface area contributed by atoms with Crippen molar-refractivity contribution in [3.8, 4) is 0 Å². The first kappa shape index (κ1) is 17.7. The Morgan fingerprint density at radius 3 is 2.75 bits per heavy atom. The van der Waals surface area contributed by atoms with Crippen LogP contribution in [0.4, 0.5) is 0 Å². The van der Waals surface area contributed by atoms with E-state index in [4.69, 9.17) is 0 Å². The lowest BCUT2D eigenvalue weighted by Crippen LogP contribution is -2.40. The third-order valence-corrected chi connectivity index (χ3v) is 6.22. The van der Waals surface area contributed by atoms with E-state index in [0.29, 0.717) is 17.7 Å². The molecule has 1 aliphatic heterocycles. The highest BCUT2D eigenvalue weighted by Gasteiger charge is 2.42. The molecule has 2 aliphatic carbocycles. The number of hydrogen-bond acceptors (Lipinski definition) is 4. The van der Waals surface area contributed by atoms with Crippen LogP contribution >= 0.6 is 12.4 Å². The van der Waals surface area contributed by atoms with Gasteiger partial charge >= 0.3 is 0 Å². The summed E-state index contributed by atoms with van der Waals surface area (Å²) in [5.74, 6) is 2.31. The first-order chi connectivity index (χ1) is 11.2. The number of hydrogen-bond donors (Lipinski definition) is 2. The van der Waals surface area contributed by atoms with Crippen molar-refractivity contribution in [1.82, 2.24) is 25.6 Å². The molecule has 24 heavy (non-hydrogen) atoms. The second-order valence-corrected chi connectivity index (χ2v) is 7.67. The molecule has 1 aromatic rings. The Balaban J connectivity index is 0.00000169. The average molecular weight is 354 g/mol. The third-order valence-electron chi connectivity index (χ3n) is 6.22. The number of carbonyl (C=O) groups is 1. The number of halogens is 1. The largest absolute Gasteiger partial charge is 0.348 e. The Hall–Kier alpha value is -1.14. The van der Waals surface area contributed by atoms with E-state index in [9.17, 15) is 4.79 Å². The summed E-state index contributed by atoms with van der Waals surface area (Å²) in [6.45, 7) is 4.17. The van der Waals surface area contributed by atoms with Crippen molar-refractivity contribution >= 4 is 18.3 Å². The zero-order valence-corrected chi connectivity index (χ0v) is 15.1. The minimum Gasteiger partial charge on any atom is -0.348 e. The van der Waals surface area contributed by atoms with Gasteiger partial charge in [0.05, 0.1) is 12.2 Å². The molecule has 2 bridgehead atoms. The molecule has 2 saturated carbocycles. The van der Waals surface area contributed by atoms with Gasteiger partial charge in [0.1, 0.15) is 0 Å². The van der Waals surface area contributed by atoms with Crippen molar-refractivity contribution in [3.05, 3.63) is 11.9 Å². The topological polar surface area (TPSA) is 71.8 Å². The number of carbonyl (C=O) groups excluding carboxylic acids is 1. The number of aromatic nitrogens is 3. The zero-order chi connectivity index (χ0) is 15.8. The van der Waals surface area contributed by atoms with Crippen LogP contribution in [0.15, 0.2) is 6.20 Å². The molecule has 1 saturated heterocycles. The summed E-state index contributed by atoms with van der Waals surface area (Å²) in [6.07, 6.45) is 9.31. The summed E-state index contributed by atoms with van der Waals surface area (Å²) >= 11 is 0. The van der Waals surface area contributed by atoms with E-state index in [1.807, 2.05) is 10.9 Å². The van der Waals surface area contributed by atoms with Crippen LogP contribution in [0.2, 0.25) is 0 Å². The Kier molecular flexibility index (Phi) is 5.45. The normalized spacial score (nSPS) is 30.8. The first-order valence-corrected chi connectivity index (χ1v) is 9.14. The highest BCUT2D eigenvalue weighted by atomic mass is 35.5. The van der Waals surface area contributed by atoms with Crippen LogP contribution < -0.4 is 10.6 Å². The summed E-state index contributed by atoms with van der Waals surface area (Å²) in [7, 11) is 0. The molecule has 7 heteroatoms. The molecule has 4 unspecified atom stereocenters. The smallest absolute Gasteiger partial charge is 0.273 e. The Labute approximate surface area is 149 Å². The van der Waals surface area contributed by atoms with Gasteiger partial charge in [-0.3, -0.25) is 4.79 Å². The van der Waals surface area contributed by atoms with Gasteiger partial charge in [-0.15, -0.1) is 17.5 Å². The van der Waals surface area contributed by atoms with Gasteiger partial charge in [-0.1, -0.05) is 11.6 Å². The maximum atomic E-state index is 12.5. The van der Waals surface area contributed by atoms with E-state index in [0.717, 1.165) is 37.8 Å². The first-order valence-electron chi connectivity index (χ1n) is 9.14. The van der Waals surface area contributed by atoms with Gasteiger partial charge in [0.15, 0.2) is 5.69 Å². The SMILES string of the molecule is CC(NC(=O)c1cn(C2CCNCC2)nn1)C1CC2CCC1C2.Cl. The molecule has 0 aromatic carbocycles. The Bertz CT molecular complexity index is 571. The van der Waals surface area contributed by atoms with E-state index < -0.39 is 0 Å². The molecule has 0 radical (unpaired) electrons. The Morgan fingerprint density at radius 1 is 1.29 bits per heavy atom. The highest BCUT2D eigenvalue weighted by Crippen LogP contribution is 2.49. The van der Waals surface area contributed by atoms with Crippen molar-refractivity contribution in [2.45, 2.75) is 57.5 Å². The number of nitrogens with zero attached hydrogens (tertiary/aromatic N) is 3. The van der Waals surface area contributed by atoms with E-state index in [1.165, 1.54) is 25.7 Å². The van der Waals surface area contributed by atoms with Crippen molar-refractivity contribution in [2.24, 2.45) is 17.8 Å². The van der Waals surface area contributed by atoms with Gasteiger partial charge in [-0.25, -0.2) is 4.68 Å². The quantitative estimate of drug-likeness (QED) is 0.870. The molecule has 4 atom stereocenters. The molecular weight excluding hydrogens is 326 g/mol. The fourth-order valence-corrected chi connectivity index (χ4v) is 4.92. The van der Waals surface area contributed by atoms with Crippen LogP contribution in [-0.4, -0.2) is 40.0 Å². The maximum absolute atomic E-state index is 12.5. The average Bonchev–Trinajstić information content (AvgIpc) is 3.31. The van der Waals surface area contributed by atoms with Crippen LogP contribution in [0.5, 0.6) is 0 Å². The van der Waals surface area contributed by atoms with Gasteiger partial charge in [-0.2, -0.15) is 0 Å². The lowest BCUT2D eigenvalue weighted by molar-refractivity contribution is 0.0910. The molecule has 134 valence electrons. The molecule has 1 amide bonds. The van der Waals surface area contributed by atoms with Gasteiger partial charge in [-0.05, 0) is 69.9 Å². The second kappa shape index (κ2) is 7.40. The fraction of sp³-hybridized carbons (Fsp3) is 0.824. The number of nitrogens with one attached hydrogen (secondary N) is 2. The maximum Gasteiger partial charge on any atom is 0.273 e. The lowest BCUT2D eigenvalue weighted by Gasteiger charge is -2.28. The van der Waals surface area contributed by atoms with E-state index in [1.54, 1.807) is 0 Å². The molecule has 1 aromatic heterocycles. The fourth-order valence-electron chi connectivity index (χ4n) is 4.92. The number of piperidine rings is 1. The van der Waals surface area contributed by atoms with Crippen LogP contribution in [0.25, 0.3) is 0 Å². The van der Waals surface area contributed by atoms with Crippen molar-refractivity contribution in [2.75, 3.05) is 13.1 Å². The summed E-state index contributed by atoms with van der Waals surface area (Å²) < 4.78 is 1.87. The molecular formula is C17H28ClN5O. The summed E-state index contributed by atoms with van der Waals surface area (Å²) in [5.41, 5.74) is 0.457. The Morgan fingerprint density at radius 2 is 2.08 bits per heavy atom. The van der Waals surface area contributed by atoms with Crippen LogP contribution in [0, 0.1) is 17.8 Å². The van der Waals surface area contributed by atoms with Crippen molar-refractivity contribution < 1.29 is 4.79 Å². The van der Waals surface area contributed by atoms with Crippen LogP contribution in [0.3, 0.4) is 0 Å². The lowest BCUT2D eigenvalue weighted by atomic mass is 9.84. The molecule has 0 spiro atoms. The number of amides is 1. The molecule has 3 aliphatic rings. The minimum absolute atomic E-state index is 0. The van der Waals surface area contributed by atoms with Gasteiger partial charge < -0.3 is 10.6 Å². The monoisotopic (exact) mass is 353 g/mol. The van der Waals surface area contributed by atoms with Gasteiger partial charge in [0.2, 0.25) is 0 Å². The van der Waals surface area contributed by atoms with E-state index in [-0.39, 0.29) is 24.4 Å². The van der Waals surface area contributed by atoms with Crippen molar-refractivity contribution in [3.63, 3.8) is 0 Å². The van der Waals surface area contributed by atoms with E-state index in [2.05, 4.69) is 27.9 Å². The van der Waals surface area contributed by atoms with E-state index >= 15 is 0 Å². The number of fused-ring (bicyclic) bond motifs is 2. The molecule has 4 rings (SSSR count). The minimum atomic E-state index is -0.0690. The van der Waals surface area contributed by atoms with Crippen LogP contribution in [-0.2, 0) is 0 Å². The third kappa shape index (κ3) is 3.45. The molecule has 6 nitrogen and oxygen atoms in total. The zero-order valence-electron chi connectivity index (χ0n) is 14.3. The summed E-state index contributed by atoms with van der Waals surface area (Å²) in [6, 6.07) is 0.607. The molecule has 3 fully saturated rings. The van der Waals surface area contributed by atoms with Crippen molar-refractivity contribution in [1.29, 1.82) is 0 Å². The predicted octanol–water partition coefficient (Wildman–Crippen LogP) is 2.18. The predicted molar refractivity (Wildman–Crippen MR) is 94.3 cm³/mol. The summed E-state index contributed by atoms with van der Waals surface area (Å²) in [4.78, 5) is 12.5. The second-order valence-electron chi connectivity index (χ2n) is 7.67.